The number of nitriles is 1. The summed E-state index contributed by atoms with van der Waals surface area (Å²) in [7, 11) is 0. The van der Waals surface area contributed by atoms with Crippen LogP contribution < -0.4 is 0 Å². The fourth-order valence-corrected chi connectivity index (χ4v) is 3.30. The van der Waals surface area contributed by atoms with Gasteiger partial charge in [-0.2, -0.15) is 9.65 Å². The molecule has 2 rings (SSSR count). The summed E-state index contributed by atoms with van der Waals surface area (Å²) in [5.74, 6) is 0.747. The second-order valence-electron chi connectivity index (χ2n) is 6.05. The van der Waals surface area contributed by atoms with E-state index in [-0.39, 0.29) is 0 Å². The third-order valence-corrected chi connectivity index (χ3v) is 4.71. The molecule has 0 amide bonds. The third kappa shape index (κ3) is 4.70. The highest BCUT2D eigenvalue weighted by molar-refractivity contribution is 5.25. The number of hydrogen-bond acceptors (Lipinski definition) is 1. The zero-order valence-electron chi connectivity index (χ0n) is 12.8. The Morgan fingerprint density at radius 2 is 1.90 bits per heavy atom. The van der Waals surface area contributed by atoms with Crippen molar-refractivity contribution in [1.82, 2.24) is 0 Å². The first kappa shape index (κ1) is 15.8. The molecule has 0 unspecified atom stereocenters. The van der Waals surface area contributed by atoms with Gasteiger partial charge in [-0.25, -0.2) is 0 Å². The molecule has 112 valence electrons. The van der Waals surface area contributed by atoms with E-state index in [4.69, 9.17) is 5.26 Å². The van der Waals surface area contributed by atoms with Crippen LogP contribution >= 0.6 is 0 Å². The zero-order valence-corrected chi connectivity index (χ0v) is 12.8. The van der Waals surface area contributed by atoms with Gasteiger partial charge in [0, 0.05) is 0 Å². The number of aryl methyl sites for hydroxylation is 1. The van der Waals surface area contributed by atoms with Gasteiger partial charge >= 0.3 is 0 Å². The highest BCUT2D eigenvalue weighted by atomic mass is 19.1. The average molecular weight is 285 g/mol. The summed E-state index contributed by atoms with van der Waals surface area (Å²) in [4.78, 5) is 0. The van der Waals surface area contributed by atoms with Crippen molar-refractivity contribution in [1.29, 1.82) is 5.26 Å². The van der Waals surface area contributed by atoms with Crippen LogP contribution in [0, 0.1) is 17.2 Å². The standard InChI is InChI=1S/C19H24FN/c1-2-15-6-10-17(11-7-15)18-12-8-16(9-13-18)4-3-5-19(20)14-21/h5-7,10-11,16,18H,2-4,8-9,12-13H2,1H3/b19-5-. The fraction of sp³-hybridized carbons (Fsp3) is 0.526. The Hall–Kier alpha value is -1.62. The lowest BCUT2D eigenvalue weighted by atomic mass is 9.77. The highest BCUT2D eigenvalue weighted by Crippen LogP contribution is 2.37. The molecule has 1 saturated carbocycles. The van der Waals surface area contributed by atoms with E-state index in [0.717, 1.165) is 12.8 Å². The molecule has 0 radical (unpaired) electrons. The van der Waals surface area contributed by atoms with E-state index < -0.39 is 5.83 Å². The molecule has 1 fully saturated rings. The van der Waals surface area contributed by atoms with E-state index in [2.05, 4.69) is 31.2 Å². The number of halogens is 1. The molecular weight excluding hydrogens is 261 g/mol. The molecule has 0 spiro atoms. The Morgan fingerprint density at radius 3 is 2.48 bits per heavy atom. The van der Waals surface area contributed by atoms with Crippen molar-refractivity contribution in [3.05, 3.63) is 47.3 Å². The number of rotatable bonds is 5. The molecule has 0 atom stereocenters. The van der Waals surface area contributed by atoms with Crippen molar-refractivity contribution < 1.29 is 4.39 Å². The zero-order chi connectivity index (χ0) is 15.1. The summed E-state index contributed by atoms with van der Waals surface area (Å²) in [6.45, 7) is 2.18. The van der Waals surface area contributed by atoms with E-state index >= 15 is 0 Å². The molecule has 21 heavy (non-hydrogen) atoms. The van der Waals surface area contributed by atoms with Gasteiger partial charge < -0.3 is 0 Å². The van der Waals surface area contributed by atoms with Crippen molar-refractivity contribution >= 4 is 0 Å². The van der Waals surface area contributed by atoms with Gasteiger partial charge in [0.2, 0.25) is 0 Å². The van der Waals surface area contributed by atoms with Crippen LogP contribution in [0.3, 0.4) is 0 Å². The first-order valence-electron chi connectivity index (χ1n) is 8.07. The van der Waals surface area contributed by atoms with E-state index in [1.807, 2.05) is 0 Å². The smallest absolute Gasteiger partial charge is 0.195 e. The molecule has 0 saturated heterocycles. The van der Waals surface area contributed by atoms with Crippen LogP contribution in [-0.4, -0.2) is 0 Å². The Balaban J connectivity index is 1.78. The van der Waals surface area contributed by atoms with E-state index in [0.29, 0.717) is 18.3 Å². The summed E-state index contributed by atoms with van der Waals surface area (Å²) in [5, 5.41) is 8.38. The molecular formula is C19H24FN. The maximum Gasteiger partial charge on any atom is 0.196 e. The van der Waals surface area contributed by atoms with Crippen LogP contribution in [0.25, 0.3) is 0 Å². The quantitative estimate of drug-likeness (QED) is 0.638. The van der Waals surface area contributed by atoms with E-state index in [1.54, 1.807) is 0 Å². The van der Waals surface area contributed by atoms with Gasteiger partial charge in [-0.15, -0.1) is 0 Å². The van der Waals surface area contributed by atoms with Crippen molar-refractivity contribution in [3.63, 3.8) is 0 Å². The van der Waals surface area contributed by atoms with Gasteiger partial charge in [0.05, 0.1) is 0 Å². The van der Waals surface area contributed by atoms with Crippen molar-refractivity contribution in [2.75, 3.05) is 0 Å². The molecule has 1 aliphatic carbocycles. The topological polar surface area (TPSA) is 23.8 Å². The van der Waals surface area contributed by atoms with Crippen molar-refractivity contribution in [3.8, 4) is 6.07 Å². The van der Waals surface area contributed by atoms with Crippen LogP contribution in [0.2, 0.25) is 0 Å². The second-order valence-corrected chi connectivity index (χ2v) is 6.05. The molecule has 1 aromatic carbocycles. The number of benzene rings is 1. The second kappa shape index (κ2) is 7.98. The summed E-state index contributed by atoms with van der Waals surface area (Å²) in [6.07, 6.45) is 9.15. The maximum absolute atomic E-state index is 12.7. The van der Waals surface area contributed by atoms with Gasteiger partial charge in [-0.05, 0) is 74.0 Å². The third-order valence-electron chi connectivity index (χ3n) is 4.71. The maximum atomic E-state index is 12.7. The predicted octanol–water partition coefficient (Wildman–Crippen LogP) is 5.68. The number of allylic oxidation sites excluding steroid dienone is 2. The van der Waals surface area contributed by atoms with Gasteiger partial charge in [0.25, 0.3) is 0 Å². The Morgan fingerprint density at radius 1 is 1.24 bits per heavy atom. The molecule has 0 bridgehead atoms. The van der Waals surface area contributed by atoms with Gasteiger partial charge in [0.15, 0.2) is 5.83 Å². The Labute approximate surface area is 127 Å². The monoisotopic (exact) mass is 285 g/mol. The van der Waals surface area contributed by atoms with Gasteiger partial charge in [0.1, 0.15) is 6.07 Å². The minimum atomic E-state index is -0.639. The number of nitrogens with zero attached hydrogens (tertiary/aromatic N) is 1. The molecule has 1 aromatic rings. The molecule has 0 heterocycles. The van der Waals surface area contributed by atoms with Crippen molar-refractivity contribution in [2.45, 2.75) is 57.8 Å². The normalized spacial score (nSPS) is 22.8. The first-order chi connectivity index (χ1) is 10.2. The van der Waals surface area contributed by atoms with Crippen LogP contribution in [0.1, 0.15) is 62.5 Å². The Bertz CT molecular complexity index is 501. The Kier molecular flexibility index (Phi) is 5.99. The van der Waals surface area contributed by atoms with Crippen LogP contribution in [-0.2, 0) is 6.42 Å². The molecule has 1 aliphatic rings. The highest BCUT2D eigenvalue weighted by Gasteiger charge is 2.21. The lowest BCUT2D eigenvalue weighted by Gasteiger charge is -2.28. The van der Waals surface area contributed by atoms with Crippen LogP contribution in [0.15, 0.2) is 36.2 Å². The summed E-state index contributed by atoms with van der Waals surface area (Å²) in [6, 6.07) is 10.6. The van der Waals surface area contributed by atoms with Crippen molar-refractivity contribution in [2.24, 2.45) is 5.92 Å². The molecule has 2 heteroatoms. The summed E-state index contributed by atoms with van der Waals surface area (Å²) in [5.41, 5.74) is 2.87. The van der Waals surface area contributed by atoms with E-state index in [1.165, 1.54) is 49.0 Å². The molecule has 0 aromatic heterocycles. The summed E-state index contributed by atoms with van der Waals surface area (Å²) >= 11 is 0. The minimum Gasteiger partial charge on any atom is -0.195 e. The first-order valence-corrected chi connectivity index (χ1v) is 8.07. The van der Waals surface area contributed by atoms with Crippen LogP contribution in [0.5, 0.6) is 0 Å². The lowest BCUT2D eigenvalue weighted by molar-refractivity contribution is 0.311. The van der Waals surface area contributed by atoms with Gasteiger partial charge in [-0.3, -0.25) is 0 Å². The van der Waals surface area contributed by atoms with Gasteiger partial charge in [-0.1, -0.05) is 31.2 Å². The molecule has 0 aliphatic heterocycles. The van der Waals surface area contributed by atoms with E-state index in [9.17, 15) is 4.39 Å². The predicted molar refractivity (Wildman–Crippen MR) is 84.6 cm³/mol. The van der Waals surface area contributed by atoms with Crippen LogP contribution in [0.4, 0.5) is 4.39 Å². The average Bonchev–Trinajstić information content (AvgIpc) is 2.55. The molecule has 1 nitrogen and oxygen atoms in total. The summed E-state index contributed by atoms with van der Waals surface area (Å²) < 4.78 is 12.7. The molecule has 0 N–H and O–H groups in total. The fourth-order valence-electron chi connectivity index (χ4n) is 3.30. The lowest BCUT2D eigenvalue weighted by Crippen LogP contribution is -2.13. The SMILES string of the molecule is CCc1ccc(C2CCC(CC/C=C(\F)C#N)CC2)cc1. The minimum absolute atomic E-state index is 0.639. The number of hydrogen-bond donors (Lipinski definition) is 0. The largest absolute Gasteiger partial charge is 0.196 e.